The highest BCUT2D eigenvalue weighted by molar-refractivity contribution is 7.86. The van der Waals surface area contributed by atoms with Gasteiger partial charge in [-0.3, -0.25) is 4.18 Å². The molecule has 0 radical (unpaired) electrons. The molecule has 0 bridgehead atoms. The van der Waals surface area contributed by atoms with Gasteiger partial charge in [0.1, 0.15) is 0 Å². The predicted molar refractivity (Wildman–Crippen MR) is 105 cm³/mol. The lowest BCUT2D eigenvalue weighted by Gasteiger charge is -2.22. The molecule has 0 heterocycles. The summed E-state index contributed by atoms with van der Waals surface area (Å²) in [4.78, 5) is 0.228. The number of rotatable bonds is 12. The Labute approximate surface area is 155 Å². The summed E-state index contributed by atoms with van der Waals surface area (Å²) in [5.74, 6) is 2.00. The molecule has 0 aliphatic carbocycles. The van der Waals surface area contributed by atoms with Crippen molar-refractivity contribution in [3.63, 3.8) is 0 Å². The second-order valence-electron chi connectivity index (χ2n) is 7.46. The summed E-state index contributed by atoms with van der Waals surface area (Å²) in [6.07, 6.45) is 8.78. The van der Waals surface area contributed by atoms with Gasteiger partial charge in [-0.1, -0.05) is 71.9 Å². The summed E-state index contributed by atoms with van der Waals surface area (Å²) >= 11 is 0. The van der Waals surface area contributed by atoms with Crippen molar-refractivity contribution < 1.29 is 12.6 Å². The van der Waals surface area contributed by atoms with E-state index in [0.717, 1.165) is 18.8 Å². The summed E-state index contributed by atoms with van der Waals surface area (Å²) in [7, 11) is -2.40. The van der Waals surface area contributed by atoms with Crippen LogP contribution in [0.5, 0.6) is 0 Å². The minimum atomic E-state index is -3.60. The van der Waals surface area contributed by atoms with Crippen LogP contribution in [0.15, 0.2) is 29.2 Å². The maximum absolute atomic E-state index is 11.7. The first-order chi connectivity index (χ1) is 11.8. The van der Waals surface area contributed by atoms with Crippen LogP contribution < -0.4 is 0 Å². The van der Waals surface area contributed by atoms with Crippen molar-refractivity contribution in [2.45, 2.75) is 83.5 Å². The van der Waals surface area contributed by atoms with E-state index in [1.54, 1.807) is 12.1 Å². The summed E-state index contributed by atoms with van der Waals surface area (Å²) in [6.45, 7) is 9.18. The Morgan fingerprint density at radius 1 is 0.960 bits per heavy atom. The second kappa shape index (κ2) is 11.0. The van der Waals surface area contributed by atoms with Crippen LogP contribution >= 0.6 is 0 Å². The highest BCUT2D eigenvalue weighted by Gasteiger charge is 2.17. The normalized spacial score (nSPS) is 15.7. The molecule has 0 spiro atoms. The molecule has 0 amide bonds. The van der Waals surface area contributed by atoms with Gasteiger partial charge in [-0.25, -0.2) is 0 Å². The number of hydrogen-bond donors (Lipinski definition) is 0. The Kier molecular flexibility index (Phi) is 9.73. The van der Waals surface area contributed by atoms with Crippen molar-refractivity contribution in [2.24, 2.45) is 11.8 Å². The van der Waals surface area contributed by atoms with Crippen molar-refractivity contribution in [3.8, 4) is 0 Å². The van der Waals surface area contributed by atoms with E-state index in [0.29, 0.717) is 11.8 Å². The van der Waals surface area contributed by atoms with Gasteiger partial charge in [0.05, 0.1) is 12.0 Å². The van der Waals surface area contributed by atoms with Gasteiger partial charge < -0.3 is 0 Å². The van der Waals surface area contributed by atoms with Gasteiger partial charge >= 0.3 is 0 Å². The molecule has 0 aromatic heterocycles. The molecule has 0 saturated carbocycles. The van der Waals surface area contributed by atoms with Crippen molar-refractivity contribution in [2.75, 3.05) is 7.11 Å². The van der Waals surface area contributed by atoms with Gasteiger partial charge in [-0.15, -0.1) is 0 Å². The molecule has 1 aromatic rings. The highest BCUT2D eigenvalue weighted by Crippen LogP contribution is 2.30. The lowest BCUT2D eigenvalue weighted by molar-refractivity contribution is 0.369. The summed E-state index contributed by atoms with van der Waals surface area (Å²) in [6, 6.07) is 7.20. The zero-order valence-electron chi connectivity index (χ0n) is 16.6. The third-order valence-corrected chi connectivity index (χ3v) is 6.53. The first-order valence-corrected chi connectivity index (χ1v) is 11.1. The Morgan fingerprint density at radius 3 is 2.08 bits per heavy atom. The van der Waals surface area contributed by atoms with Gasteiger partial charge in [0.2, 0.25) is 0 Å². The monoisotopic (exact) mass is 368 g/mol. The van der Waals surface area contributed by atoms with Crippen molar-refractivity contribution in [1.29, 1.82) is 0 Å². The zero-order valence-corrected chi connectivity index (χ0v) is 17.4. The summed E-state index contributed by atoms with van der Waals surface area (Å²) in [5.41, 5.74) is 1.23. The van der Waals surface area contributed by atoms with Crippen LogP contribution in [-0.4, -0.2) is 15.5 Å². The quantitative estimate of drug-likeness (QED) is 0.416. The van der Waals surface area contributed by atoms with E-state index in [1.165, 1.54) is 44.8 Å². The van der Waals surface area contributed by atoms with Crippen LogP contribution in [0, 0.1) is 11.8 Å². The molecule has 25 heavy (non-hydrogen) atoms. The Bertz CT molecular complexity index is 578. The third kappa shape index (κ3) is 7.49. The number of benzene rings is 1. The van der Waals surface area contributed by atoms with Gasteiger partial charge in [0.15, 0.2) is 0 Å². The lowest BCUT2D eigenvalue weighted by Crippen LogP contribution is -2.07. The lowest BCUT2D eigenvalue weighted by atomic mass is 9.84. The minimum absolute atomic E-state index is 0.228. The average molecular weight is 369 g/mol. The minimum Gasteiger partial charge on any atom is -0.270 e. The van der Waals surface area contributed by atoms with E-state index in [4.69, 9.17) is 0 Å². The maximum atomic E-state index is 11.7. The molecule has 0 fully saturated rings. The van der Waals surface area contributed by atoms with Crippen molar-refractivity contribution in [3.05, 3.63) is 29.8 Å². The molecule has 0 aliphatic rings. The summed E-state index contributed by atoms with van der Waals surface area (Å²) in [5, 5.41) is 0. The standard InChI is InChI=1S/C21H36O3S/c1-6-8-9-17(3)10-11-18(4)16-19(7-2)20-12-14-21(15-13-20)25(22,23)24-5/h12-15,17-19H,6-11,16H2,1-5H3. The Hall–Kier alpha value is -0.870. The maximum Gasteiger partial charge on any atom is 0.296 e. The molecule has 1 aromatic carbocycles. The van der Waals surface area contributed by atoms with Gasteiger partial charge in [-0.05, 0) is 48.3 Å². The van der Waals surface area contributed by atoms with Crippen LogP contribution in [0.3, 0.4) is 0 Å². The molecule has 0 aliphatic heterocycles. The van der Waals surface area contributed by atoms with E-state index in [1.807, 2.05) is 12.1 Å². The number of hydrogen-bond acceptors (Lipinski definition) is 3. The zero-order chi connectivity index (χ0) is 18.9. The number of unbranched alkanes of at least 4 members (excludes halogenated alkanes) is 1. The molecular formula is C21H36O3S. The fraction of sp³-hybridized carbons (Fsp3) is 0.714. The molecule has 0 saturated heterocycles. The van der Waals surface area contributed by atoms with E-state index in [-0.39, 0.29) is 4.90 Å². The van der Waals surface area contributed by atoms with Crippen LogP contribution in [-0.2, 0) is 14.3 Å². The van der Waals surface area contributed by atoms with Crippen LogP contribution in [0.2, 0.25) is 0 Å². The third-order valence-electron chi connectivity index (χ3n) is 5.24. The van der Waals surface area contributed by atoms with Crippen LogP contribution in [0.25, 0.3) is 0 Å². The SMILES string of the molecule is CCCCC(C)CCC(C)CC(CC)c1ccc(S(=O)(=O)OC)cc1. The molecule has 144 valence electrons. The fourth-order valence-electron chi connectivity index (χ4n) is 3.41. The topological polar surface area (TPSA) is 43.4 Å². The molecule has 0 N–H and O–H groups in total. The molecule has 3 unspecified atom stereocenters. The molecule has 1 rings (SSSR count). The highest BCUT2D eigenvalue weighted by atomic mass is 32.2. The molecular weight excluding hydrogens is 332 g/mol. The largest absolute Gasteiger partial charge is 0.296 e. The van der Waals surface area contributed by atoms with Crippen LogP contribution in [0.4, 0.5) is 0 Å². The second-order valence-corrected chi connectivity index (χ2v) is 9.17. The molecule has 3 atom stereocenters. The van der Waals surface area contributed by atoms with Gasteiger partial charge in [0, 0.05) is 0 Å². The van der Waals surface area contributed by atoms with E-state index >= 15 is 0 Å². The Morgan fingerprint density at radius 2 is 1.56 bits per heavy atom. The first kappa shape index (κ1) is 22.2. The average Bonchev–Trinajstić information content (AvgIpc) is 2.62. The smallest absolute Gasteiger partial charge is 0.270 e. The van der Waals surface area contributed by atoms with E-state index in [2.05, 4.69) is 31.9 Å². The van der Waals surface area contributed by atoms with Crippen molar-refractivity contribution >= 4 is 10.1 Å². The van der Waals surface area contributed by atoms with Gasteiger partial charge in [-0.2, -0.15) is 8.42 Å². The van der Waals surface area contributed by atoms with E-state index < -0.39 is 10.1 Å². The molecule has 4 heteroatoms. The predicted octanol–water partition coefficient (Wildman–Crippen LogP) is 6.15. The molecule has 3 nitrogen and oxygen atoms in total. The summed E-state index contributed by atoms with van der Waals surface area (Å²) < 4.78 is 28.0. The van der Waals surface area contributed by atoms with Crippen LogP contribution in [0.1, 0.15) is 84.1 Å². The van der Waals surface area contributed by atoms with E-state index in [9.17, 15) is 8.42 Å². The first-order valence-electron chi connectivity index (χ1n) is 9.74. The van der Waals surface area contributed by atoms with Gasteiger partial charge in [0.25, 0.3) is 10.1 Å². The fourth-order valence-corrected chi connectivity index (χ4v) is 4.07. The Balaban J connectivity index is 2.61. The van der Waals surface area contributed by atoms with Crippen molar-refractivity contribution in [1.82, 2.24) is 0 Å².